The minimum absolute atomic E-state index is 0.0725. The second kappa shape index (κ2) is 10.5. The van der Waals surface area contributed by atoms with Gasteiger partial charge in [0.15, 0.2) is 6.61 Å². The first-order valence-corrected chi connectivity index (χ1v) is 10.0. The van der Waals surface area contributed by atoms with Crippen molar-refractivity contribution in [2.75, 3.05) is 18.5 Å². The number of carbonyl (C=O) groups is 3. The number of amides is 2. The van der Waals surface area contributed by atoms with Crippen LogP contribution in [0.25, 0.3) is 0 Å². The maximum Gasteiger partial charge on any atom is 0.306 e. The standard InChI is InChI=1S/C21H19ClN4O6/c22-15-6-7-17(18(12-15)26(30)31)23-19(27)13-32-21(29)9-8-20(28)25-11-10-16(24-25)14-4-2-1-3-5-14/h1-7,12H,8-11,13H2,(H,23,27). The highest BCUT2D eigenvalue weighted by atomic mass is 35.5. The van der Waals surface area contributed by atoms with Crippen molar-refractivity contribution in [2.24, 2.45) is 5.10 Å². The third-order valence-corrected chi connectivity index (χ3v) is 4.77. The fourth-order valence-corrected chi connectivity index (χ4v) is 3.14. The summed E-state index contributed by atoms with van der Waals surface area (Å²) in [6.07, 6.45) is 0.284. The van der Waals surface area contributed by atoms with Crippen molar-refractivity contribution in [3.05, 3.63) is 69.2 Å². The molecule has 166 valence electrons. The molecular formula is C21H19ClN4O6. The number of hydrogen-bond donors (Lipinski definition) is 1. The van der Waals surface area contributed by atoms with Gasteiger partial charge in [-0.05, 0) is 17.7 Å². The zero-order chi connectivity index (χ0) is 23.1. The lowest BCUT2D eigenvalue weighted by Crippen LogP contribution is -2.25. The molecule has 0 aliphatic carbocycles. The lowest BCUT2D eigenvalue weighted by Gasteiger charge is -2.11. The molecule has 0 aromatic heterocycles. The van der Waals surface area contributed by atoms with Gasteiger partial charge >= 0.3 is 5.97 Å². The lowest BCUT2D eigenvalue weighted by molar-refractivity contribution is -0.383. The largest absolute Gasteiger partial charge is 0.456 e. The summed E-state index contributed by atoms with van der Waals surface area (Å²) in [7, 11) is 0. The molecule has 0 unspecified atom stereocenters. The van der Waals surface area contributed by atoms with Gasteiger partial charge < -0.3 is 10.1 Å². The number of halogens is 1. The van der Waals surface area contributed by atoms with Crippen LogP contribution in [-0.2, 0) is 19.1 Å². The van der Waals surface area contributed by atoms with E-state index in [2.05, 4.69) is 10.4 Å². The molecule has 0 radical (unpaired) electrons. The van der Waals surface area contributed by atoms with E-state index in [0.29, 0.717) is 13.0 Å². The smallest absolute Gasteiger partial charge is 0.306 e. The summed E-state index contributed by atoms with van der Waals surface area (Å²) < 4.78 is 4.85. The van der Waals surface area contributed by atoms with E-state index in [1.807, 2.05) is 30.3 Å². The Bertz CT molecular complexity index is 1070. The molecule has 2 aromatic carbocycles. The Hall–Kier alpha value is -3.79. The van der Waals surface area contributed by atoms with Gasteiger partial charge in [-0.2, -0.15) is 5.10 Å². The fraction of sp³-hybridized carbons (Fsp3) is 0.238. The van der Waals surface area contributed by atoms with Crippen molar-refractivity contribution in [1.29, 1.82) is 0 Å². The Labute approximate surface area is 187 Å². The second-order valence-corrected chi connectivity index (χ2v) is 7.24. The van der Waals surface area contributed by atoms with E-state index in [0.717, 1.165) is 17.3 Å². The molecule has 0 saturated carbocycles. The number of anilines is 1. The van der Waals surface area contributed by atoms with E-state index < -0.39 is 23.4 Å². The molecule has 0 spiro atoms. The highest BCUT2D eigenvalue weighted by molar-refractivity contribution is 6.31. The van der Waals surface area contributed by atoms with Crippen LogP contribution in [0.4, 0.5) is 11.4 Å². The molecule has 2 aromatic rings. The van der Waals surface area contributed by atoms with Crippen LogP contribution in [0, 0.1) is 10.1 Å². The zero-order valence-corrected chi connectivity index (χ0v) is 17.6. The van der Waals surface area contributed by atoms with Gasteiger partial charge in [-0.15, -0.1) is 0 Å². The normalized spacial score (nSPS) is 12.8. The van der Waals surface area contributed by atoms with Gasteiger partial charge in [-0.3, -0.25) is 24.5 Å². The van der Waals surface area contributed by atoms with Gasteiger partial charge in [-0.25, -0.2) is 5.01 Å². The van der Waals surface area contributed by atoms with Gasteiger partial charge in [0.2, 0.25) is 5.91 Å². The Morgan fingerprint density at radius 1 is 1.16 bits per heavy atom. The number of ether oxygens (including phenoxy) is 1. The van der Waals surface area contributed by atoms with Gasteiger partial charge in [0, 0.05) is 23.9 Å². The van der Waals surface area contributed by atoms with Gasteiger partial charge in [0.05, 0.1) is 23.6 Å². The molecule has 3 rings (SSSR count). The summed E-state index contributed by atoms with van der Waals surface area (Å²) in [4.78, 5) is 46.5. The van der Waals surface area contributed by atoms with Crippen molar-refractivity contribution < 1.29 is 24.0 Å². The summed E-state index contributed by atoms with van der Waals surface area (Å²) in [6, 6.07) is 13.2. The molecular weight excluding hydrogens is 440 g/mol. The number of esters is 1. The van der Waals surface area contributed by atoms with Crippen LogP contribution in [-0.4, -0.2) is 46.6 Å². The Morgan fingerprint density at radius 3 is 2.62 bits per heavy atom. The molecule has 1 heterocycles. The zero-order valence-electron chi connectivity index (χ0n) is 16.8. The minimum atomic E-state index is -0.758. The number of benzene rings is 2. The van der Waals surface area contributed by atoms with E-state index in [9.17, 15) is 24.5 Å². The lowest BCUT2D eigenvalue weighted by atomic mass is 10.1. The van der Waals surface area contributed by atoms with E-state index >= 15 is 0 Å². The maximum atomic E-state index is 12.3. The summed E-state index contributed by atoms with van der Waals surface area (Å²) in [5.74, 6) is -1.83. The summed E-state index contributed by atoms with van der Waals surface area (Å²) >= 11 is 5.72. The Balaban J connectivity index is 1.44. The molecule has 0 fully saturated rings. The van der Waals surface area contributed by atoms with Crippen LogP contribution in [0.15, 0.2) is 53.6 Å². The van der Waals surface area contributed by atoms with Crippen LogP contribution in [0.2, 0.25) is 5.02 Å². The second-order valence-electron chi connectivity index (χ2n) is 6.81. The van der Waals surface area contributed by atoms with Crippen molar-refractivity contribution >= 4 is 46.5 Å². The molecule has 0 bridgehead atoms. The van der Waals surface area contributed by atoms with Crippen LogP contribution in [0.3, 0.4) is 0 Å². The van der Waals surface area contributed by atoms with E-state index in [4.69, 9.17) is 16.3 Å². The molecule has 1 aliphatic rings. The molecule has 10 nitrogen and oxygen atoms in total. The average Bonchev–Trinajstić information content (AvgIpc) is 3.28. The number of hydrogen-bond acceptors (Lipinski definition) is 7. The number of carbonyl (C=O) groups excluding carboxylic acids is 3. The van der Waals surface area contributed by atoms with Crippen LogP contribution < -0.4 is 5.32 Å². The van der Waals surface area contributed by atoms with Crippen LogP contribution in [0.1, 0.15) is 24.8 Å². The topological polar surface area (TPSA) is 131 Å². The molecule has 0 saturated heterocycles. The van der Waals surface area contributed by atoms with E-state index in [1.54, 1.807) is 0 Å². The van der Waals surface area contributed by atoms with Gasteiger partial charge in [0.25, 0.3) is 11.6 Å². The predicted molar refractivity (Wildman–Crippen MR) is 116 cm³/mol. The van der Waals surface area contributed by atoms with Gasteiger partial charge in [-0.1, -0.05) is 41.9 Å². The predicted octanol–water partition coefficient (Wildman–Crippen LogP) is 3.15. The quantitative estimate of drug-likeness (QED) is 0.367. The third kappa shape index (κ3) is 6.11. The number of nitro benzene ring substituents is 1. The number of hydrazone groups is 1. The first-order valence-electron chi connectivity index (χ1n) is 9.66. The summed E-state index contributed by atoms with van der Waals surface area (Å²) in [5, 5.41) is 19.1. The number of nitro groups is 1. The number of nitrogens with zero attached hydrogens (tertiary/aromatic N) is 3. The SMILES string of the molecule is O=C(COC(=O)CCC(=O)N1CCC(c2ccccc2)=N1)Nc1ccc(Cl)cc1[N+](=O)[O-]. The molecule has 2 amide bonds. The first kappa shape index (κ1) is 22.9. The van der Waals surface area contributed by atoms with Crippen molar-refractivity contribution in [2.45, 2.75) is 19.3 Å². The highest BCUT2D eigenvalue weighted by Gasteiger charge is 2.22. The minimum Gasteiger partial charge on any atom is -0.456 e. The highest BCUT2D eigenvalue weighted by Crippen LogP contribution is 2.27. The van der Waals surface area contributed by atoms with Gasteiger partial charge in [0.1, 0.15) is 5.69 Å². The number of rotatable bonds is 8. The summed E-state index contributed by atoms with van der Waals surface area (Å²) in [5.41, 5.74) is 1.28. The van der Waals surface area contributed by atoms with Crippen molar-refractivity contribution in [1.82, 2.24) is 5.01 Å². The fourth-order valence-electron chi connectivity index (χ4n) is 2.97. The third-order valence-electron chi connectivity index (χ3n) is 4.53. The summed E-state index contributed by atoms with van der Waals surface area (Å²) in [6.45, 7) is -0.215. The monoisotopic (exact) mass is 458 g/mol. The molecule has 11 heteroatoms. The van der Waals surface area contributed by atoms with E-state index in [-0.39, 0.29) is 35.1 Å². The van der Waals surface area contributed by atoms with Crippen LogP contribution in [0.5, 0.6) is 0 Å². The van der Waals surface area contributed by atoms with Crippen LogP contribution >= 0.6 is 11.6 Å². The average molecular weight is 459 g/mol. The first-order chi connectivity index (χ1) is 15.3. The molecule has 0 atom stereocenters. The maximum absolute atomic E-state index is 12.3. The molecule has 32 heavy (non-hydrogen) atoms. The van der Waals surface area contributed by atoms with E-state index in [1.165, 1.54) is 17.1 Å². The Morgan fingerprint density at radius 2 is 1.91 bits per heavy atom. The van der Waals surface area contributed by atoms with Crippen molar-refractivity contribution in [3.63, 3.8) is 0 Å². The van der Waals surface area contributed by atoms with Crippen molar-refractivity contribution in [3.8, 4) is 0 Å². The number of nitrogens with one attached hydrogen (secondary N) is 1. The molecule has 1 aliphatic heterocycles. The molecule has 1 N–H and O–H groups in total. The Kier molecular flexibility index (Phi) is 7.50.